The first-order valence-corrected chi connectivity index (χ1v) is 6.69. The van der Waals surface area contributed by atoms with Gasteiger partial charge in [0.25, 0.3) is 0 Å². The maximum atomic E-state index is 10.8. The maximum Gasteiger partial charge on any atom is 0.335 e. The number of ether oxygens (including phenoxy) is 1. The molecule has 0 spiro atoms. The molecule has 0 saturated heterocycles. The fourth-order valence-corrected chi connectivity index (χ4v) is 2.01. The van der Waals surface area contributed by atoms with Crippen molar-refractivity contribution in [1.29, 1.82) is 0 Å². The number of rotatable bonds is 7. The first kappa shape index (κ1) is 14.3. The molecule has 20 heavy (non-hydrogen) atoms. The molecule has 0 aromatic heterocycles. The average Bonchev–Trinajstić information content (AvgIpc) is 2.48. The minimum atomic E-state index is -0.907. The summed E-state index contributed by atoms with van der Waals surface area (Å²) in [4.78, 5) is 10.8. The number of aryl methyl sites for hydroxylation is 1. The van der Waals surface area contributed by atoms with E-state index in [1.54, 1.807) is 18.2 Å². The van der Waals surface area contributed by atoms with Crippen molar-refractivity contribution in [3.63, 3.8) is 0 Å². The Morgan fingerprint density at radius 1 is 1.00 bits per heavy atom. The minimum absolute atomic E-state index is 0.301. The summed E-state index contributed by atoms with van der Waals surface area (Å²) in [5.41, 5.74) is 2.50. The number of carbonyl (C=O) groups is 1. The molecule has 0 aliphatic heterocycles. The van der Waals surface area contributed by atoms with Gasteiger partial charge in [-0.05, 0) is 36.1 Å². The van der Waals surface area contributed by atoms with E-state index in [1.807, 2.05) is 24.3 Å². The lowest BCUT2D eigenvalue weighted by Gasteiger charge is -2.05. The summed E-state index contributed by atoms with van der Waals surface area (Å²) in [5, 5.41) is 8.90. The molecule has 2 rings (SSSR count). The van der Waals surface area contributed by atoms with Crippen molar-refractivity contribution in [1.82, 2.24) is 0 Å². The highest BCUT2D eigenvalue weighted by molar-refractivity contribution is 5.87. The summed E-state index contributed by atoms with van der Waals surface area (Å²) >= 11 is 0. The molecule has 0 unspecified atom stereocenters. The van der Waals surface area contributed by atoms with Crippen molar-refractivity contribution in [2.75, 3.05) is 6.61 Å². The van der Waals surface area contributed by atoms with E-state index >= 15 is 0 Å². The second kappa shape index (κ2) is 7.46. The summed E-state index contributed by atoms with van der Waals surface area (Å²) in [7, 11) is 0. The van der Waals surface area contributed by atoms with Crippen LogP contribution in [-0.2, 0) is 17.8 Å². The normalized spacial score (nSPS) is 10.4. The van der Waals surface area contributed by atoms with E-state index in [9.17, 15) is 4.79 Å². The van der Waals surface area contributed by atoms with Gasteiger partial charge in [-0.3, -0.25) is 0 Å². The Bertz CT molecular complexity index is 549. The van der Waals surface area contributed by atoms with Gasteiger partial charge in [0.05, 0.1) is 12.2 Å². The molecule has 2 aromatic carbocycles. The molecular weight excluding hydrogens is 252 g/mol. The predicted molar refractivity (Wildman–Crippen MR) is 77.8 cm³/mol. The molecule has 0 aliphatic carbocycles. The van der Waals surface area contributed by atoms with E-state index in [2.05, 4.69) is 12.1 Å². The molecule has 3 nitrogen and oxygen atoms in total. The van der Waals surface area contributed by atoms with Crippen LogP contribution in [0.25, 0.3) is 0 Å². The largest absolute Gasteiger partial charge is 0.478 e. The highest BCUT2D eigenvalue weighted by Crippen LogP contribution is 2.08. The van der Waals surface area contributed by atoms with Gasteiger partial charge in [0, 0.05) is 6.61 Å². The third kappa shape index (κ3) is 4.52. The molecule has 2 aromatic rings. The van der Waals surface area contributed by atoms with Gasteiger partial charge < -0.3 is 9.84 Å². The van der Waals surface area contributed by atoms with Gasteiger partial charge in [0.15, 0.2) is 0 Å². The Balaban J connectivity index is 1.71. The Labute approximate surface area is 118 Å². The fourth-order valence-electron chi connectivity index (χ4n) is 2.01. The topological polar surface area (TPSA) is 46.5 Å². The summed E-state index contributed by atoms with van der Waals surface area (Å²) in [6, 6.07) is 17.2. The van der Waals surface area contributed by atoms with Crippen LogP contribution in [0.15, 0.2) is 54.6 Å². The van der Waals surface area contributed by atoms with Crippen molar-refractivity contribution >= 4 is 5.97 Å². The van der Waals surface area contributed by atoms with Gasteiger partial charge >= 0.3 is 5.97 Å². The monoisotopic (exact) mass is 270 g/mol. The minimum Gasteiger partial charge on any atom is -0.478 e. The average molecular weight is 270 g/mol. The van der Waals surface area contributed by atoms with E-state index in [0.717, 1.165) is 18.4 Å². The van der Waals surface area contributed by atoms with Gasteiger partial charge in [0.2, 0.25) is 0 Å². The van der Waals surface area contributed by atoms with Gasteiger partial charge in [-0.25, -0.2) is 4.79 Å². The van der Waals surface area contributed by atoms with E-state index in [4.69, 9.17) is 9.84 Å². The van der Waals surface area contributed by atoms with Crippen LogP contribution < -0.4 is 0 Å². The zero-order valence-corrected chi connectivity index (χ0v) is 11.3. The number of benzene rings is 2. The highest BCUT2D eigenvalue weighted by atomic mass is 16.5. The third-order valence-electron chi connectivity index (χ3n) is 3.04. The SMILES string of the molecule is O=C(O)c1cccc(COCCCc2ccccc2)c1. The van der Waals surface area contributed by atoms with E-state index < -0.39 is 5.97 Å². The zero-order chi connectivity index (χ0) is 14.2. The molecule has 0 bridgehead atoms. The molecule has 0 fully saturated rings. The van der Waals surface area contributed by atoms with Crippen molar-refractivity contribution in [2.24, 2.45) is 0 Å². The Kier molecular flexibility index (Phi) is 5.33. The molecule has 0 amide bonds. The van der Waals surface area contributed by atoms with E-state index in [-0.39, 0.29) is 0 Å². The zero-order valence-electron chi connectivity index (χ0n) is 11.3. The number of carboxylic acid groups (broad SMARTS) is 1. The number of hydrogen-bond donors (Lipinski definition) is 1. The number of hydrogen-bond acceptors (Lipinski definition) is 2. The van der Waals surface area contributed by atoms with Crippen LogP contribution in [0.4, 0.5) is 0 Å². The summed E-state index contributed by atoms with van der Waals surface area (Å²) in [6.45, 7) is 1.13. The summed E-state index contributed by atoms with van der Waals surface area (Å²) < 4.78 is 5.58. The van der Waals surface area contributed by atoms with Crippen LogP contribution in [0.5, 0.6) is 0 Å². The van der Waals surface area contributed by atoms with Crippen LogP contribution in [0, 0.1) is 0 Å². The second-order valence-corrected chi connectivity index (χ2v) is 4.65. The lowest BCUT2D eigenvalue weighted by molar-refractivity contribution is 0.0696. The highest BCUT2D eigenvalue weighted by Gasteiger charge is 2.03. The van der Waals surface area contributed by atoms with Crippen LogP contribution >= 0.6 is 0 Å². The fraction of sp³-hybridized carbons (Fsp3) is 0.235. The second-order valence-electron chi connectivity index (χ2n) is 4.65. The molecule has 0 heterocycles. The molecule has 0 atom stereocenters. The smallest absolute Gasteiger partial charge is 0.335 e. The standard InChI is InChI=1S/C17H18O3/c18-17(19)16-10-4-8-15(12-16)13-20-11-5-9-14-6-2-1-3-7-14/h1-4,6-8,10,12H,5,9,11,13H2,(H,18,19). The number of carboxylic acids is 1. The first-order valence-electron chi connectivity index (χ1n) is 6.69. The quantitative estimate of drug-likeness (QED) is 0.783. The molecule has 104 valence electrons. The molecule has 1 N–H and O–H groups in total. The Morgan fingerprint density at radius 2 is 1.75 bits per heavy atom. The predicted octanol–water partition coefficient (Wildman–Crippen LogP) is 3.53. The van der Waals surface area contributed by atoms with Gasteiger partial charge in [-0.1, -0.05) is 42.5 Å². The van der Waals surface area contributed by atoms with Crippen molar-refractivity contribution in [3.8, 4) is 0 Å². The molecule has 3 heteroatoms. The van der Waals surface area contributed by atoms with Gasteiger partial charge in [0.1, 0.15) is 0 Å². The Morgan fingerprint density at radius 3 is 2.50 bits per heavy atom. The van der Waals surface area contributed by atoms with E-state index in [0.29, 0.717) is 18.8 Å². The lowest BCUT2D eigenvalue weighted by Crippen LogP contribution is -2.00. The molecule has 0 radical (unpaired) electrons. The van der Waals surface area contributed by atoms with Gasteiger partial charge in [-0.15, -0.1) is 0 Å². The third-order valence-corrected chi connectivity index (χ3v) is 3.04. The van der Waals surface area contributed by atoms with Crippen molar-refractivity contribution in [2.45, 2.75) is 19.4 Å². The number of aromatic carboxylic acids is 1. The maximum absolute atomic E-state index is 10.8. The molecule has 0 saturated carbocycles. The van der Waals surface area contributed by atoms with Crippen LogP contribution in [0.2, 0.25) is 0 Å². The summed E-state index contributed by atoms with van der Waals surface area (Å²) in [6.07, 6.45) is 1.96. The molecular formula is C17H18O3. The van der Waals surface area contributed by atoms with Crippen LogP contribution in [0.1, 0.15) is 27.9 Å². The first-order chi connectivity index (χ1) is 9.75. The van der Waals surface area contributed by atoms with Crippen molar-refractivity contribution < 1.29 is 14.6 Å². The van der Waals surface area contributed by atoms with Crippen LogP contribution in [0.3, 0.4) is 0 Å². The lowest BCUT2D eigenvalue weighted by atomic mass is 10.1. The van der Waals surface area contributed by atoms with Gasteiger partial charge in [-0.2, -0.15) is 0 Å². The summed E-state index contributed by atoms with van der Waals surface area (Å²) in [5.74, 6) is -0.907. The van der Waals surface area contributed by atoms with Crippen molar-refractivity contribution in [3.05, 3.63) is 71.3 Å². The Hall–Kier alpha value is -2.13. The van der Waals surface area contributed by atoms with E-state index in [1.165, 1.54) is 5.56 Å². The molecule has 0 aliphatic rings. The van der Waals surface area contributed by atoms with Crippen LogP contribution in [-0.4, -0.2) is 17.7 Å².